The first kappa shape index (κ1) is 10.7. The lowest BCUT2D eigenvalue weighted by Crippen LogP contribution is -2.38. The number of hydrogen-bond acceptors (Lipinski definition) is 2. The van der Waals surface area contributed by atoms with Crippen molar-refractivity contribution >= 4 is 5.97 Å². The van der Waals surface area contributed by atoms with E-state index >= 15 is 0 Å². The van der Waals surface area contributed by atoms with Crippen molar-refractivity contribution in [3.8, 4) is 0 Å². The molecule has 0 spiro atoms. The van der Waals surface area contributed by atoms with Gasteiger partial charge in [0.05, 0.1) is 5.92 Å². The molecule has 1 unspecified atom stereocenters. The van der Waals surface area contributed by atoms with E-state index in [1.54, 1.807) is 6.07 Å². The minimum atomic E-state index is -0.859. The number of carbonyl (C=O) groups is 1. The molecule has 90 valence electrons. The topological polar surface area (TPSA) is 40.5 Å². The molecule has 1 heterocycles. The molecule has 2 aliphatic rings. The molecular weight excluding hydrogens is 221 g/mol. The third kappa shape index (κ3) is 1.93. The summed E-state index contributed by atoms with van der Waals surface area (Å²) in [6.45, 7) is 1.26. The van der Waals surface area contributed by atoms with Crippen LogP contribution in [0.15, 0.2) is 18.2 Å². The standard InChI is InChI=1S/C13H14FNO2/c14-9-2-1-8-6-15(10-3-4-10)7-12(13(16)17)11(8)5-9/h1-2,5,10,12H,3-4,6-7H2,(H,16,17). The van der Waals surface area contributed by atoms with Gasteiger partial charge in [0.15, 0.2) is 0 Å². The van der Waals surface area contributed by atoms with E-state index in [0.717, 1.165) is 24.9 Å². The van der Waals surface area contributed by atoms with Gasteiger partial charge < -0.3 is 5.11 Å². The Morgan fingerprint density at radius 2 is 2.18 bits per heavy atom. The van der Waals surface area contributed by atoms with Crippen LogP contribution in [0.3, 0.4) is 0 Å². The van der Waals surface area contributed by atoms with Gasteiger partial charge in [0.2, 0.25) is 0 Å². The van der Waals surface area contributed by atoms with Crippen molar-refractivity contribution in [2.45, 2.75) is 31.3 Å². The van der Waals surface area contributed by atoms with E-state index in [1.807, 2.05) is 0 Å². The van der Waals surface area contributed by atoms with Gasteiger partial charge in [0.25, 0.3) is 0 Å². The molecule has 1 aliphatic carbocycles. The molecule has 17 heavy (non-hydrogen) atoms. The average Bonchev–Trinajstić information content (AvgIpc) is 3.11. The predicted molar refractivity (Wildman–Crippen MR) is 60.2 cm³/mol. The predicted octanol–water partition coefficient (Wildman–Crippen LogP) is 1.97. The summed E-state index contributed by atoms with van der Waals surface area (Å²) < 4.78 is 13.2. The number of nitrogens with zero attached hydrogens (tertiary/aromatic N) is 1. The molecular formula is C13H14FNO2. The Morgan fingerprint density at radius 3 is 2.82 bits per heavy atom. The number of aliphatic carboxylic acids is 1. The Bertz CT molecular complexity index is 470. The lowest BCUT2D eigenvalue weighted by molar-refractivity contribution is -0.139. The molecule has 0 amide bonds. The maximum Gasteiger partial charge on any atom is 0.312 e. The number of carboxylic acids is 1. The molecule has 1 atom stereocenters. The molecule has 0 aromatic heterocycles. The fourth-order valence-electron chi connectivity index (χ4n) is 2.58. The molecule has 4 heteroatoms. The first-order chi connectivity index (χ1) is 8.15. The third-order valence-electron chi connectivity index (χ3n) is 3.64. The van der Waals surface area contributed by atoms with Crippen LogP contribution in [0.4, 0.5) is 4.39 Å². The number of hydrogen-bond donors (Lipinski definition) is 1. The number of rotatable bonds is 2. The summed E-state index contributed by atoms with van der Waals surface area (Å²) in [4.78, 5) is 13.5. The Balaban J connectivity index is 1.98. The molecule has 0 radical (unpaired) electrons. The molecule has 3 rings (SSSR count). The van der Waals surface area contributed by atoms with E-state index in [1.165, 1.54) is 12.1 Å². The second-order valence-corrected chi connectivity index (χ2v) is 4.89. The smallest absolute Gasteiger partial charge is 0.312 e. The molecule has 1 saturated carbocycles. The average molecular weight is 235 g/mol. The number of halogens is 1. The summed E-state index contributed by atoms with van der Waals surface area (Å²) in [6, 6.07) is 5.04. The highest BCUT2D eigenvalue weighted by Gasteiger charge is 2.37. The normalized spacial score (nSPS) is 24.4. The maximum absolute atomic E-state index is 13.2. The van der Waals surface area contributed by atoms with E-state index in [4.69, 9.17) is 0 Å². The van der Waals surface area contributed by atoms with Crippen molar-refractivity contribution in [2.24, 2.45) is 0 Å². The molecule has 0 saturated heterocycles. The van der Waals surface area contributed by atoms with Crippen molar-refractivity contribution in [1.29, 1.82) is 0 Å². The molecule has 1 fully saturated rings. The summed E-state index contributed by atoms with van der Waals surface area (Å²) in [5, 5.41) is 9.25. The second-order valence-electron chi connectivity index (χ2n) is 4.89. The van der Waals surface area contributed by atoms with Crippen molar-refractivity contribution in [1.82, 2.24) is 4.90 Å². The zero-order chi connectivity index (χ0) is 12.0. The second kappa shape index (κ2) is 3.81. The minimum absolute atomic E-state index is 0.352. The first-order valence-corrected chi connectivity index (χ1v) is 5.90. The Labute approximate surface area is 98.9 Å². The van der Waals surface area contributed by atoms with Gasteiger partial charge in [-0.3, -0.25) is 9.69 Å². The molecule has 1 aliphatic heterocycles. The molecule has 3 nitrogen and oxygen atoms in total. The maximum atomic E-state index is 13.2. The largest absolute Gasteiger partial charge is 0.481 e. The van der Waals surface area contributed by atoms with Gasteiger partial charge in [-0.05, 0) is 36.1 Å². The zero-order valence-corrected chi connectivity index (χ0v) is 9.40. The van der Waals surface area contributed by atoms with Gasteiger partial charge in [-0.15, -0.1) is 0 Å². The fraction of sp³-hybridized carbons (Fsp3) is 0.462. The Hall–Kier alpha value is -1.42. The van der Waals surface area contributed by atoms with Crippen molar-refractivity contribution in [3.05, 3.63) is 35.1 Å². The summed E-state index contributed by atoms with van der Waals surface area (Å²) >= 11 is 0. The van der Waals surface area contributed by atoms with Gasteiger partial charge in [-0.2, -0.15) is 0 Å². The van der Waals surface area contributed by atoms with Crippen LogP contribution in [0, 0.1) is 5.82 Å². The fourth-order valence-corrected chi connectivity index (χ4v) is 2.58. The minimum Gasteiger partial charge on any atom is -0.481 e. The van der Waals surface area contributed by atoms with Crippen LogP contribution in [-0.2, 0) is 11.3 Å². The van der Waals surface area contributed by atoms with Gasteiger partial charge in [0.1, 0.15) is 5.82 Å². The molecule has 1 aromatic carbocycles. The lowest BCUT2D eigenvalue weighted by atomic mass is 9.89. The third-order valence-corrected chi connectivity index (χ3v) is 3.64. The van der Waals surface area contributed by atoms with Crippen molar-refractivity contribution < 1.29 is 14.3 Å². The number of benzene rings is 1. The summed E-state index contributed by atoms with van der Waals surface area (Å²) in [6.07, 6.45) is 2.31. The first-order valence-electron chi connectivity index (χ1n) is 5.90. The van der Waals surface area contributed by atoms with Gasteiger partial charge >= 0.3 is 5.97 Å². The summed E-state index contributed by atoms with van der Waals surface area (Å²) in [5.41, 5.74) is 1.60. The van der Waals surface area contributed by atoms with Gasteiger partial charge in [-0.1, -0.05) is 6.07 Å². The summed E-state index contributed by atoms with van der Waals surface area (Å²) in [5.74, 6) is -1.80. The van der Waals surface area contributed by atoms with Crippen LogP contribution in [0.5, 0.6) is 0 Å². The van der Waals surface area contributed by atoms with Crippen LogP contribution in [-0.4, -0.2) is 28.6 Å². The zero-order valence-electron chi connectivity index (χ0n) is 9.40. The number of carboxylic acid groups (broad SMARTS) is 1. The van der Waals surface area contributed by atoms with Crippen LogP contribution in [0.2, 0.25) is 0 Å². The molecule has 1 N–H and O–H groups in total. The van der Waals surface area contributed by atoms with Crippen LogP contribution >= 0.6 is 0 Å². The van der Waals surface area contributed by atoms with Gasteiger partial charge in [0, 0.05) is 19.1 Å². The summed E-state index contributed by atoms with van der Waals surface area (Å²) in [7, 11) is 0. The van der Waals surface area contributed by atoms with E-state index in [9.17, 15) is 14.3 Å². The van der Waals surface area contributed by atoms with Crippen molar-refractivity contribution in [3.63, 3.8) is 0 Å². The quantitative estimate of drug-likeness (QED) is 0.852. The van der Waals surface area contributed by atoms with E-state index in [2.05, 4.69) is 4.90 Å². The van der Waals surface area contributed by atoms with Gasteiger partial charge in [-0.25, -0.2) is 4.39 Å². The SMILES string of the molecule is O=C(O)C1CN(C2CC2)Cc2ccc(F)cc21. The van der Waals surface area contributed by atoms with Crippen molar-refractivity contribution in [2.75, 3.05) is 6.54 Å². The molecule has 0 bridgehead atoms. The highest BCUT2D eigenvalue weighted by molar-refractivity contribution is 5.77. The van der Waals surface area contributed by atoms with E-state index < -0.39 is 11.9 Å². The Kier molecular flexibility index (Phi) is 2.40. The van der Waals surface area contributed by atoms with Crippen LogP contribution < -0.4 is 0 Å². The molecule has 1 aromatic rings. The van der Waals surface area contributed by atoms with E-state index in [0.29, 0.717) is 18.2 Å². The monoisotopic (exact) mass is 235 g/mol. The highest BCUT2D eigenvalue weighted by Crippen LogP contribution is 2.36. The van der Waals surface area contributed by atoms with Crippen LogP contribution in [0.25, 0.3) is 0 Å². The van der Waals surface area contributed by atoms with Crippen LogP contribution in [0.1, 0.15) is 29.9 Å². The highest BCUT2D eigenvalue weighted by atomic mass is 19.1. The van der Waals surface area contributed by atoms with E-state index in [-0.39, 0.29) is 5.82 Å². The number of fused-ring (bicyclic) bond motifs is 1. The lowest BCUT2D eigenvalue weighted by Gasteiger charge is -2.32. The Morgan fingerprint density at radius 1 is 1.41 bits per heavy atom.